The molecule has 4 nitrogen and oxygen atoms in total. The number of hydrogen-bond donors (Lipinski definition) is 4. The van der Waals surface area contributed by atoms with E-state index in [0.29, 0.717) is 5.46 Å². The average Bonchev–Trinajstić information content (AvgIpc) is 2.79. The summed E-state index contributed by atoms with van der Waals surface area (Å²) < 4.78 is 0. The summed E-state index contributed by atoms with van der Waals surface area (Å²) in [5, 5.41) is 26.2. The molecule has 0 aliphatic heterocycles. The molecule has 0 atom stereocenters. The van der Waals surface area contributed by atoms with Crippen LogP contribution >= 0.6 is 0 Å². The van der Waals surface area contributed by atoms with Gasteiger partial charge in [0.1, 0.15) is 5.66 Å². The molecule has 0 radical (unpaired) electrons. The highest BCUT2D eigenvalue weighted by Crippen LogP contribution is 2.45. The van der Waals surface area contributed by atoms with Gasteiger partial charge < -0.3 is 10.0 Å². The second kappa shape index (κ2) is 5.86. The Morgan fingerprint density at radius 3 is 2.18 bits per heavy atom. The molecule has 0 saturated heterocycles. The molecule has 2 aromatic rings. The summed E-state index contributed by atoms with van der Waals surface area (Å²) in [6, 6.07) is 13.9. The summed E-state index contributed by atoms with van der Waals surface area (Å²) in [5.74, 6) is 0. The van der Waals surface area contributed by atoms with Crippen molar-refractivity contribution >= 4 is 12.6 Å². The lowest BCUT2D eigenvalue weighted by Gasteiger charge is -2.34. The van der Waals surface area contributed by atoms with Crippen molar-refractivity contribution in [3.63, 3.8) is 0 Å². The van der Waals surface area contributed by atoms with E-state index >= 15 is 0 Å². The highest BCUT2D eigenvalue weighted by atomic mass is 16.4. The number of hydrogen-bond acceptors (Lipinski definition) is 4. The molecule has 0 unspecified atom stereocenters. The number of fused-ring (bicyclic) bond motifs is 3. The molecule has 0 aromatic heterocycles. The Labute approximate surface area is 131 Å². The number of benzene rings is 2. The van der Waals surface area contributed by atoms with Gasteiger partial charge in [-0.1, -0.05) is 56.3 Å². The maximum absolute atomic E-state index is 9.52. The molecule has 0 saturated carbocycles. The minimum Gasteiger partial charge on any atom is -0.423 e. The van der Waals surface area contributed by atoms with Crippen LogP contribution in [0, 0.1) is 0 Å². The maximum atomic E-state index is 9.52. The van der Waals surface area contributed by atoms with Gasteiger partial charge in [0.05, 0.1) is 0 Å². The molecule has 0 amide bonds. The topological polar surface area (TPSA) is 64.5 Å². The Kier molecular flexibility index (Phi) is 4.06. The summed E-state index contributed by atoms with van der Waals surface area (Å²) in [6.07, 6.45) is 0. The van der Waals surface area contributed by atoms with E-state index in [4.69, 9.17) is 0 Å². The molecule has 0 heterocycles. The Morgan fingerprint density at radius 1 is 0.909 bits per heavy atom. The van der Waals surface area contributed by atoms with Crippen LogP contribution in [0.1, 0.15) is 25.0 Å². The standard InChI is InChI=1S/C17H21BN2O2/c1-3-19-17(20-4-2)15-8-6-5-7-13(15)14-10-9-12(18(21)22)11-16(14)17/h5-11,19-22H,3-4H2,1-2H3. The van der Waals surface area contributed by atoms with Gasteiger partial charge in [-0.15, -0.1) is 0 Å². The first-order valence-corrected chi connectivity index (χ1v) is 7.74. The van der Waals surface area contributed by atoms with Crippen molar-refractivity contribution in [2.24, 2.45) is 0 Å². The molecule has 4 N–H and O–H groups in total. The minimum atomic E-state index is -1.46. The van der Waals surface area contributed by atoms with E-state index in [9.17, 15) is 10.0 Å². The van der Waals surface area contributed by atoms with Gasteiger partial charge >= 0.3 is 7.12 Å². The molecule has 22 heavy (non-hydrogen) atoms. The molecular formula is C17H21BN2O2. The molecule has 114 valence electrons. The lowest BCUT2D eigenvalue weighted by atomic mass is 9.78. The Hall–Kier alpha value is -1.66. The van der Waals surface area contributed by atoms with E-state index in [-0.39, 0.29) is 0 Å². The van der Waals surface area contributed by atoms with Gasteiger partial charge in [-0.3, -0.25) is 10.6 Å². The smallest absolute Gasteiger partial charge is 0.423 e. The molecular weight excluding hydrogens is 275 g/mol. The summed E-state index contributed by atoms with van der Waals surface area (Å²) in [4.78, 5) is 0. The van der Waals surface area contributed by atoms with Gasteiger partial charge in [0, 0.05) is 0 Å². The van der Waals surface area contributed by atoms with Crippen molar-refractivity contribution in [3.8, 4) is 11.1 Å². The van der Waals surface area contributed by atoms with Crippen LogP contribution < -0.4 is 16.1 Å². The van der Waals surface area contributed by atoms with Gasteiger partial charge in [-0.05, 0) is 40.8 Å². The van der Waals surface area contributed by atoms with Crippen molar-refractivity contribution in [3.05, 3.63) is 53.6 Å². The van der Waals surface area contributed by atoms with Crippen molar-refractivity contribution in [1.82, 2.24) is 10.6 Å². The predicted molar refractivity (Wildman–Crippen MR) is 89.8 cm³/mol. The van der Waals surface area contributed by atoms with Crippen molar-refractivity contribution in [2.75, 3.05) is 13.1 Å². The summed E-state index contributed by atoms with van der Waals surface area (Å²) in [7, 11) is -1.46. The molecule has 1 aliphatic rings. The van der Waals surface area contributed by atoms with Crippen LogP contribution in [0.15, 0.2) is 42.5 Å². The van der Waals surface area contributed by atoms with Crippen LogP contribution in [0.4, 0.5) is 0 Å². The third-order valence-electron chi connectivity index (χ3n) is 4.25. The fraction of sp³-hybridized carbons (Fsp3) is 0.294. The van der Waals surface area contributed by atoms with Gasteiger partial charge in [-0.25, -0.2) is 0 Å². The predicted octanol–water partition coefficient (Wildman–Crippen LogP) is 0.767. The maximum Gasteiger partial charge on any atom is 0.488 e. The second-order valence-electron chi connectivity index (χ2n) is 5.53. The van der Waals surface area contributed by atoms with Crippen LogP contribution in [-0.2, 0) is 5.66 Å². The van der Waals surface area contributed by atoms with E-state index in [2.05, 4.69) is 36.6 Å². The van der Waals surface area contributed by atoms with Crippen molar-refractivity contribution < 1.29 is 10.0 Å². The summed E-state index contributed by atoms with van der Waals surface area (Å²) >= 11 is 0. The normalized spacial score (nSPS) is 14.5. The molecule has 0 fully saturated rings. The molecule has 5 heteroatoms. The summed E-state index contributed by atoms with van der Waals surface area (Å²) in [6.45, 7) is 5.74. The summed E-state index contributed by atoms with van der Waals surface area (Å²) in [5.41, 5.74) is 4.55. The zero-order chi connectivity index (χ0) is 15.7. The first-order valence-electron chi connectivity index (χ1n) is 7.74. The first kappa shape index (κ1) is 15.2. The van der Waals surface area contributed by atoms with Crippen molar-refractivity contribution in [2.45, 2.75) is 19.5 Å². The van der Waals surface area contributed by atoms with Gasteiger partial charge in [0.15, 0.2) is 0 Å². The van der Waals surface area contributed by atoms with E-state index < -0.39 is 12.8 Å². The van der Waals surface area contributed by atoms with Gasteiger partial charge in [0.2, 0.25) is 0 Å². The molecule has 2 aromatic carbocycles. The second-order valence-corrected chi connectivity index (χ2v) is 5.53. The average molecular weight is 296 g/mol. The van der Waals surface area contributed by atoms with Crippen LogP contribution in [-0.4, -0.2) is 30.3 Å². The fourth-order valence-corrected chi connectivity index (χ4v) is 3.43. The van der Waals surface area contributed by atoms with Crippen molar-refractivity contribution in [1.29, 1.82) is 0 Å². The molecule has 1 aliphatic carbocycles. The Bertz CT molecular complexity index is 682. The lowest BCUT2D eigenvalue weighted by molar-refractivity contribution is 0.341. The molecule has 0 spiro atoms. The largest absolute Gasteiger partial charge is 0.488 e. The zero-order valence-corrected chi connectivity index (χ0v) is 12.9. The van der Waals surface area contributed by atoms with E-state index in [1.807, 2.05) is 24.3 Å². The highest BCUT2D eigenvalue weighted by Gasteiger charge is 2.42. The number of nitrogens with one attached hydrogen (secondary N) is 2. The van der Waals surface area contributed by atoms with Crippen LogP contribution in [0.2, 0.25) is 0 Å². The first-order chi connectivity index (χ1) is 10.6. The zero-order valence-electron chi connectivity index (χ0n) is 12.9. The SMILES string of the molecule is CCNC1(NCC)c2ccccc2-c2ccc(B(O)O)cc21. The third kappa shape index (κ3) is 2.18. The highest BCUT2D eigenvalue weighted by molar-refractivity contribution is 6.58. The van der Waals surface area contributed by atoms with Gasteiger partial charge in [-0.2, -0.15) is 0 Å². The third-order valence-corrected chi connectivity index (χ3v) is 4.25. The van der Waals surface area contributed by atoms with E-state index in [0.717, 1.165) is 24.2 Å². The van der Waals surface area contributed by atoms with Gasteiger partial charge in [0.25, 0.3) is 0 Å². The fourth-order valence-electron chi connectivity index (χ4n) is 3.43. The van der Waals surface area contributed by atoms with Crippen LogP contribution in [0.25, 0.3) is 11.1 Å². The minimum absolute atomic E-state index is 0.486. The molecule has 0 bridgehead atoms. The quantitative estimate of drug-likeness (QED) is 0.486. The molecule has 3 rings (SSSR count). The van der Waals surface area contributed by atoms with Crippen LogP contribution in [0.3, 0.4) is 0 Å². The monoisotopic (exact) mass is 296 g/mol. The van der Waals surface area contributed by atoms with E-state index in [1.165, 1.54) is 11.1 Å². The Morgan fingerprint density at radius 2 is 1.55 bits per heavy atom. The Balaban J connectivity index is 2.27. The number of rotatable bonds is 5. The van der Waals surface area contributed by atoms with Crippen LogP contribution in [0.5, 0.6) is 0 Å². The lowest BCUT2D eigenvalue weighted by Crippen LogP contribution is -2.54. The van der Waals surface area contributed by atoms with E-state index in [1.54, 1.807) is 6.07 Å².